The number of ether oxygens (including phenoxy) is 2. The number of rotatable bonds is 4. The maximum atomic E-state index is 13.5. The fraction of sp³-hybridized carbons (Fsp3) is 0.100. The lowest BCUT2D eigenvalue weighted by atomic mass is 10.2. The van der Waals surface area contributed by atoms with Gasteiger partial charge in [0, 0.05) is 12.7 Å². The van der Waals surface area contributed by atoms with Gasteiger partial charge in [-0.3, -0.25) is 9.78 Å². The van der Waals surface area contributed by atoms with Crippen LogP contribution in [0.25, 0.3) is 16.7 Å². The van der Waals surface area contributed by atoms with Crippen LogP contribution in [0.1, 0.15) is 5.56 Å². The number of anilines is 1. The number of H-pyrrole nitrogens is 1. The fourth-order valence-electron chi connectivity index (χ4n) is 3.17. The summed E-state index contributed by atoms with van der Waals surface area (Å²) in [6.45, 7) is 0.591. The van der Waals surface area contributed by atoms with E-state index in [1.165, 1.54) is 24.4 Å². The van der Waals surface area contributed by atoms with Crippen LogP contribution in [-0.2, 0) is 6.54 Å². The molecule has 2 aromatic carbocycles. The minimum Gasteiger partial charge on any atom is -0.454 e. The van der Waals surface area contributed by atoms with E-state index in [1.807, 2.05) is 18.2 Å². The van der Waals surface area contributed by atoms with Crippen LogP contribution in [0.5, 0.6) is 11.5 Å². The van der Waals surface area contributed by atoms with E-state index in [9.17, 15) is 14.0 Å². The first-order valence-electron chi connectivity index (χ1n) is 8.99. The minimum atomic E-state index is -0.724. The lowest BCUT2D eigenvalue weighted by Crippen LogP contribution is -2.34. The zero-order valence-electron chi connectivity index (χ0n) is 15.4. The van der Waals surface area contributed by atoms with Gasteiger partial charge in [-0.05, 0) is 35.9 Å². The molecule has 0 bridgehead atoms. The van der Waals surface area contributed by atoms with Crippen LogP contribution in [0, 0.1) is 5.82 Å². The first kappa shape index (κ1) is 17.9. The average Bonchev–Trinajstić information content (AvgIpc) is 3.20. The van der Waals surface area contributed by atoms with E-state index >= 15 is 0 Å². The third-order valence-corrected chi connectivity index (χ3v) is 4.60. The molecule has 0 saturated carbocycles. The van der Waals surface area contributed by atoms with E-state index in [0.29, 0.717) is 18.0 Å². The Morgan fingerprint density at radius 2 is 2.00 bits per heavy atom. The van der Waals surface area contributed by atoms with E-state index in [4.69, 9.17) is 9.47 Å². The second-order valence-electron chi connectivity index (χ2n) is 6.55. The summed E-state index contributed by atoms with van der Waals surface area (Å²) in [5, 5.41) is 3.14. The molecule has 0 fully saturated rings. The molecule has 4 aromatic rings. The number of hydrogen-bond donors (Lipinski definition) is 2. The predicted molar refractivity (Wildman–Crippen MR) is 106 cm³/mol. The smallest absolute Gasteiger partial charge is 0.334 e. The number of halogens is 1. The highest BCUT2D eigenvalue weighted by Crippen LogP contribution is 2.32. The molecule has 0 spiro atoms. The Kier molecular flexibility index (Phi) is 4.16. The standard InChI is InChI=1S/C20H14FN5O4/c21-12-2-1-3-13(7-12)26-18(27)14-9-23-19(24-17(14)25-20(26)28)22-8-11-4-5-15-16(6-11)30-10-29-15/h1-7,9H,8,10H2,(H2,22,23,24,25,28). The fourth-order valence-corrected chi connectivity index (χ4v) is 3.17. The zero-order chi connectivity index (χ0) is 20.7. The molecule has 2 aromatic heterocycles. The van der Waals surface area contributed by atoms with Crippen LogP contribution in [-0.4, -0.2) is 26.3 Å². The Bertz CT molecular complexity index is 1400. The number of aromatic nitrogens is 4. The third kappa shape index (κ3) is 3.13. The molecule has 150 valence electrons. The second kappa shape index (κ2) is 6.99. The summed E-state index contributed by atoms with van der Waals surface area (Å²) in [6.07, 6.45) is 1.32. The molecule has 5 rings (SSSR count). The number of nitrogens with zero attached hydrogens (tertiary/aromatic N) is 3. The van der Waals surface area contributed by atoms with Crippen molar-refractivity contribution >= 4 is 17.0 Å². The van der Waals surface area contributed by atoms with E-state index in [1.54, 1.807) is 0 Å². The number of benzene rings is 2. The van der Waals surface area contributed by atoms with Crippen molar-refractivity contribution in [1.82, 2.24) is 19.5 Å². The van der Waals surface area contributed by atoms with Crippen LogP contribution in [0.15, 0.2) is 58.3 Å². The molecule has 0 aliphatic carbocycles. The normalized spacial score (nSPS) is 12.3. The van der Waals surface area contributed by atoms with Gasteiger partial charge in [0.05, 0.1) is 5.69 Å². The van der Waals surface area contributed by atoms with Gasteiger partial charge in [0.15, 0.2) is 17.1 Å². The first-order chi connectivity index (χ1) is 14.6. The maximum absolute atomic E-state index is 13.5. The van der Waals surface area contributed by atoms with Crippen molar-refractivity contribution in [1.29, 1.82) is 0 Å². The van der Waals surface area contributed by atoms with Crippen molar-refractivity contribution in [3.63, 3.8) is 0 Å². The summed E-state index contributed by atoms with van der Waals surface area (Å²) in [6, 6.07) is 10.7. The summed E-state index contributed by atoms with van der Waals surface area (Å²) in [5.74, 6) is 1.03. The van der Waals surface area contributed by atoms with Crippen molar-refractivity contribution in [2.24, 2.45) is 0 Å². The van der Waals surface area contributed by atoms with E-state index in [-0.39, 0.29) is 29.5 Å². The summed E-state index contributed by atoms with van der Waals surface area (Å²) in [7, 11) is 0. The van der Waals surface area contributed by atoms with Crippen molar-refractivity contribution in [2.45, 2.75) is 6.54 Å². The van der Waals surface area contributed by atoms with Gasteiger partial charge in [-0.1, -0.05) is 12.1 Å². The lowest BCUT2D eigenvalue weighted by Gasteiger charge is -2.08. The van der Waals surface area contributed by atoms with Gasteiger partial charge in [0.25, 0.3) is 5.56 Å². The number of hydrogen-bond acceptors (Lipinski definition) is 7. The summed E-state index contributed by atoms with van der Waals surface area (Å²) in [4.78, 5) is 36.1. The first-order valence-corrected chi connectivity index (χ1v) is 8.99. The van der Waals surface area contributed by atoms with Crippen LogP contribution < -0.4 is 26.0 Å². The molecule has 0 unspecified atom stereocenters. The zero-order valence-corrected chi connectivity index (χ0v) is 15.4. The third-order valence-electron chi connectivity index (χ3n) is 4.60. The van der Waals surface area contributed by atoms with Crippen molar-refractivity contribution in [3.05, 3.63) is 80.9 Å². The van der Waals surface area contributed by atoms with Gasteiger partial charge in [-0.25, -0.2) is 18.7 Å². The molecule has 30 heavy (non-hydrogen) atoms. The summed E-state index contributed by atoms with van der Waals surface area (Å²) >= 11 is 0. The van der Waals surface area contributed by atoms with Crippen molar-refractivity contribution < 1.29 is 13.9 Å². The van der Waals surface area contributed by atoms with Crippen molar-refractivity contribution in [2.75, 3.05) is 12.1 Å². The Balaban J connectivity index is 1.45. The molecular weight excluding hydrogens is 393 g/mol. The van der Waals surface area contributed by atoms with Crippen LogP contribution in [0.4, 0.5) is 10.3 Å². The maximum Gasteiger partial charge on any atom is 0.334 e. The van der Waals surface area contributed by atoms with Gasteiger partial charge in [0.2, 0.25) is 12.7 Å². The minimum absolute atomic E-state index is 0.0841. The quantitative estimate of drug-likeness (QED) is 0.532. The molecular formula is C20H14FN5O4. The van der Waals surface area contributed by atoms with Gasteiger partial charge in [-0.15, -0.1) is 0 Å². The largest absolute Gasteiger partial charge is 0.454 e. The van der Waals surface area contributed by atoms with Crippen LogP contribution in [0.3, 0.4) is 0 Å². The van der Waals surface area contributed by atoms with Gasteiger partial charge >= 0.3 is 5.69 Å². The average molecular weight is 407 g/mol. The molecule has 3 heterocycles. The molecule has 10 heteroatoms. The highest BCUT2D eigenvalue weighted by atomic mass is 19.1. The highest BCUT2D eigenvalue weighted by Gasteiger charge is 2.14. The number of nitrogens with one attached hydrogen (secondary N) is 2. The lowest BCUT2D eigenvalue weighted by molar-refractivity contribution is 0.174. The molecule has 0 radical (unpaired) electrons. The number of aromatic amines is 1. The molecule has 9 nitrogen and oxygen atoms in total. The molecule has 0 saturated heterocycles. The molecule has 2 N–H and O–H groups in total. The molecule has 1 aliphatic heterocycles. The van der Waals surface area contributed by atoms with E-state index in [0.717, 1.165) is 16.2 Å². The van der Waals surface area contributed by atoms with Crippen LogP contribution in [0.2, 0.25) is 0 Å². The van der Waals surface area contributed by atoms with E-state index < -0.39 is 17.1 Å². The monoisotopic (exact) mass is 407 g/mol. The molecule has 0 amide bonds. The summed E-state index contributed by atoms with van der Waals surface area (Å²) in [5.41, 5.74) is -0.243. The van der Waals surface area contributed by atoms with E-state index in [2.05, 4.69) is 20.3 Å². The van der Waals surface area contributed by atoms with Crippen molar-refractivity contribution in [3.8, 4) is 17.2 Å². The number of fused-ring (bicyclic) bond motifs is 2. The SMILES string of the molecule is O=c1[nH]c2nc(NCc3ccc4c(c3)OCO4)ncc2c(=O)n1-c1cccc(F)c1. The van der Waals surface area contributed by atoms with Gasteiger partial charge < -0.3 is 14.8 Å². The molecule has 1 aliphatic rings. The Morgan fingerprint density at radius 3 is 2.87 bits per heavy atom. The van der Waals surface area contributed by atoms with Gasteiger partial charge in [-0.2, -0.15) is 4.98 Å². The topological polar surface area (TPSA) is 111 Å². The highest BCUT2D eigenvalue weighted by molar-refractivity contribution is 5.73. The van der Waals surface area contributed by atoms with Gasteiger partial charge in [0.1, 0.15) is 11.2 Å². The second-order valence-corrected chi connectivity index (χ2v) is 6.55. The summed E-state index contributed by atoms with van der Waals surface area (Å²) < 4.78 is 25.0. The van der Waals surface area contributed by atoms with Crippen LogP contribution >= 0.6 is 0 Å². The Labute approximate surface area is 167 Å². The predicted octanol–water partition coefficient (Wildman–Crippen LogP) is 1.95. The molecule has 0 atom stereocenters. The Hall–Kier alpha value is -4.21. The Morgan fingerprint density at radius 1 is 1.13 bits per heavy atom.